The van der Waals surface area contributed by atoms with Crippen molar-refractivity contribution in [1.82, 2.24) is 10.2 Å². The number of hydrogen-bond acceptors (Lipinski definition) is 2. The van der Waals surface area contributed by atoms with E-state index in [1.807, 2.05) is 36.1 Å². The van der Waals surface area contributed by atoms with Gasteiger partial charge >= 0.3 is 0 Å². The highest BCUT2D eigenvalue weighted by Gasteiger charge is 2.27. The van der Waals surface area contributed by atoms with Crippen molar-refractivity contribution in [2.75, 3.05) is 13.1 Å². The van der Waals surface area contributed by atoms with Crippen molar-refractivity contribution < 1.29 is 4.79 Å². The van der Waals surface area contributed by atoms with Crippen molar-refractivity contribution >= 4 is 29.9 Å². The standard InChI is InChI=1S/C16H23ClN2O.ClH/c1-3-19(11-13-5-4-6-15(17)10-13)16(20)14-7-8-18-12(2)9-14;/h4-6,10,12,14,18H,3,7-9,11H2,1-2H3;1H/t12-,14-;/m0./s1. The molecule has 1 aromatic carbocycles. The number of hydrogen-bond donors (Lipinski definition) is 1. The lowest BCUT2D eigenvalue weighted by molar-refractivity contribution is -0.137. The molecule has 0 aromatic heterocycles. The number of rotatable bonds is 4. The van der Waals surface area contributed by atoms with Gasteiger partial charge in [0.2, 0.25) is 5.91 Å². The average Bonchev–Trinajstić information content (AvgIpc) is 2.44. The van der Waals surface area contributed by atoms with Crippen LogP contribution in [0.5, 0.6) is 0 Å². The minimum absolute atomic E-state index is 0. The van der Waals surface area contributed by atoms with Crippen molar-refractivity contribution in [2.45, 2.75) is 39.3 Å². The van der Waals surface area contributed by atoms with Crippen LogP contribution >= 0.6 is 24.0 Å². The maximum absolute atomic E-state index is 12.6. The molecule has 0 aliphatic carbocycles. The molecule has 0 bridgehead atoms. The smallest absolute Gasteiger partial charge is 0.226 e. The summed E-state index contributed by atoms with van der Waals surface area (Å²) in [5, 5.41) is 4.12. The van der Waals surface area contributed by atoms with Gasteiger partial charge in [0.15, 0.2) is 0 Å². The van der Waals surface area contributed by atoms with Crippen LogP contribution in [0.25, 0.3) is 0 Å². The molecule has 3 nitrogen and oxygen atoms in total. The van der Waals surface area contributed by atoms with E-state index >= 15 is 0 Å². The first-order valence-electron chi connectivity index (χ1n) is 7.36. The number of halogens is 2. The summed E-state index contributed by atoms with van der Waals surface area (Å²) in [5.74, 6) is 0.436. The molecule has 0 spiro atoms. The van der Waals surface area contributed by atoms with Gasteiger partial charge in [0.05, 0.1) is 0 Å². The van der Waals surface area contributed by atoms with Crippen LogP contribution in [0, 0.1) is 5.92 Å². The predicted octanol–water partition coefficient (Wildman–Crippen LogP) is 3.50. The van der Waals surface area contributed by atoms with Crippen LogP contribution in [-0.4, -0.2) is 29.9 Å². The zero-order chi connectivity index (χ0) is 14.5. The van der Waals surface area contributed by atoms with Gasteiger partial charge in [-0.15, -0.1) is 12.4 Å². The highest BCUT2D eigenvalue weighted by atomic mass is 35.5. The molecule has 118 valence electrons. The molecule has 21 heavy (non-hydrogen) atoms. The van der Waals surface area contributed by atoms with Gasteiger partial charge in [-0.25, -0.2) is 0 Å². The van der Waals surface area contributed by atoms with E-state index in [1.54, 1.807) is 0 Å². The Bertz CT molecular complexity index is 467. The third kappa shape index (κ3) is 5.17. The summed E-state index contributed by atoms with van der Waals surface area (Å²) in [4.78, 5) is 14.6. The van der Waals surface area contributed by atoms with Crippen molar-refractivity contribution in [3.8, 4) is 0 Å². The van der Waals surface area contributed by atoms with E-state index in [0.29, 0.717) is 12.6 Å². The fourth-order valence-corrected chi connectivity index (χ4v) is 3.03. The summed E-state index contributed by atoms with van der Waals surface area (Å²) in [5.41, 5.74) is 1.09. The van der Waals surface area contributed by atoms with E-state index in [-0.39, 0.29) is 24.2 Å². The number of nitrogens with zero attached hydrogens (tertiary/aromatic N) is 1. The molecule has 1 heterocycles. The molecular weight excluding hydrogens is 307 g/mol. The Morgan fingerprint density at radius 3 is 2.86 bits per heavy atom. The number of amides is 1. The first-order valence-corrected chi connectivity index (χ1v) is 7.74. The molecule has 1 amide bonds. The number of carbonyl (C=O) groups is 1. The Morgan fingerprint density at radius 1 is 1.48 bits per heavy atom. The van der Waals surface area contributed by atoms with Crippen LogP contribution in [0.15, 0.2) is 24.3 Å². The zero-order valence-electron chi connectivity index (χ0n) is 12.6. The third-order valence-corrected chi connectivity index (χ3v) is 4.16. The zero-order valence-corrected chi connectivity index (χ0v) is 14.2. The van der Waals surface area contributed by atoms with Crippen LogP contribution < -0.4 is 5.32 Å². The Labute approximate surface area is 138 Å². The van der Waals surface area contributed by atoms with Gasteiger partial charge in [-0.3, -0.25) is 4.79 Å². The molecule has 1 aromatic rings. The van der Waals surface area contributed by atoms with Crippen molar-refractivity contribution in [3.05, 3.63) is 34.9 Å². The molecule has 1 fully saturated rings. The largest absolute Gasteiger partial charge is 0.338 e. The summed E-state index contributed by atoms with van der Waals surface area (Å²) in [7, 11) is 0. The molecular formula is C16H24Cl2N2O. The van der Waals surface area contributed by atoms with Gasteiger partial charge in [0.25, 0.3) is 0 Å². The molecule has 2 atom stereocenters. The summed E-state index contributed by atoms with van der Waals surface area (Å²) in [6.07, 6.45) is 1.88. The quantitative estimate of drug-likeness (QED) is 0.916. The monoisotopic (exact) mass is 330 g/mol. The Hall–Kier alpha value is -0.770. The molecule has 1 saturated heterocycles. The summed E-state index contributed by atoms with van der Waals surface area (Å²) in [6, 6.07) is 8.18. The van der Waals surface area contributed by atoms with Crippen molar-refractivity contribution in [2.24, 2.45) is 5.92 Å². The molecule has 1 N–H and O–H groups in total. The maximum Gasteiger partial charge on any atom is 0.226 e. The molecule has 2 rings (SSSR count). The van der Waals surface area contributed by atoms with Gasteiger partial charge in [-0.05, 0) is 50.9 Å². The van der Waals surface area contributed by atoms with Gasteiger partial charge in [0, 0.05) is 30.1 Å². The minimum atomic E-state index is 0. The minimum Gasteiger partial charge on any atom is -0.338 e. The first-order chi connectivity index (χ1) is 9.60. The van der Waals surface area contributed by atoms with Crippen molar-refractivity contribution in [3.63, 3.8) is 0 Å². The van der Waals surface area contributed by atoms with Gasteiger partial charge in [-0.2, -0.15) is 0 Å². The lowest BCUT2D eigenvalue weighted by atomic mass is 9.92. The SMILES string of the molecule is CCN(Cc1cccc(Cl)c1)C(=O)[C@H]1CCN[C@@H](C)C1.Cl. The van der Waals surface area contributed by atoms with E-state index < -0.39 is 0 Å². The van der Waals surface area contributed by atoms with Crippen LogP contribution in [0.3, 0.4) is 0 Å². The number of benzene rings is 1. The molecule has 0 saturated carbocycles. The normalized spacial score (nSPS) is 21.5. The molecule has 0 radical (unpaired) electrons. The van der Waals surface area contributed by atoms with Crippen LogP contribution in [0.1, 0.15) is 32.3 Å². The Kier molecular flexibility index (Phi) is 7.50. The Balaban J connectivity index is 0.00000220. The fourth-order valence-electron chi connectivity index (χ4n) is 2.82. The van der Waals surface area contributed by atoms with Crippen molar-refractivity contribution in [1.29, 1.82) is 0 Å². The topological polar surface area (TPSA) is 32.3 Å². The van der Waals surface area contributed by atoms with Gasteiger partial charge in [-0.1, -0.05) is 23.7 Å². The van der Waals surface area contributed by atoms with Gasteiger partial charge in [0.1, 0.15) is 0 Å². The van der Waals surface area contributed by atoms with E-state index in [9.17, 15) is 4.79 Å². The molecule has 5 heteroatoms. The van der Waals surface area contributed by atoms with E-state index in [4.69, 9.17) is 11.6 Å². The second-order valence-electron chi connectivity index (χ2n) is 5.56. The first kappa shape index (κ1) is 18.3. The number of nitrogens with one attached hydrogen (secondary N) is 1. The molecule has 1 aliphatic heterocycles. The second-order valence-corrected chi connectivity index (χ2v) is 6.00. The lowest BCUT2D eigenvalue weighted by Crippen LogP contribution is -2.43. The third-order valence-electron chi connectivity index (χ3n) is 3.93. The van der Waals surface area contributed by atoms with E-state index in [2.05, 4.69) is 12.2 Å². The summed E-state index contributed by atoms with van der Waals surface area (Å²) >= 11 is 6.01. The van der Waals surface area contributed by atoms with E-state index in [1.165, 1.54) is 0 Å². The highest BCUT2D eigenvalue weighted by molar-refractivity contribution is 6.30. The lowest BCUT2D eigenvalue weighted by Gasteiger charge is -2.31. The predicted molar refractivity (Wildman–Crippen MR) is 90.0 cm³/mol. The summed E-state index contributed by atoms with van der Waals surface area (Å²) in [6.45, 7) is 6.50. The van der Waals surface area contributed by atoms with E-state index in [0.717, 1.165) is 36.5 Å². The highest BCUT2D eigenvalue weighted by Crippen LogP contribution is 2.20. The average molecular weight is 331 g/mol. The number of carbonyl (C=O) groups excluding carboxylic acids is 1. The Morgan fingerprint density at radius 2 is 2.24 bits per heavy atom. The van der Waals surface area contributed by atoms with Gasteiger partial charge < -0.3 is 10.2 Å². The second kappa shape index (κ2) is 8.62. The molecule has 1 aliphatic rings. The number of piperidine rings is 1. The van der Waals surface area contributed by atoms with Crippen LogP contribution in [0.2, 0.25) is 5.02 Å². The molecule has 0 unspecified atom stereocenters. The summed E-state index contributed by atoms with van der Waals surface area (Å²) < 4.78 is 0. The maximum atomic E-state index is 12.6. The van der Waals surface area contributed by atoms with Crippen LogP contribution in [-0.2, 0) is 11.3 Å². The fraction of sp³-hybridized carbons (Fsp3) is 0.562. The van der Waals surface area contributed by atoms with Crippen LogP contribution in [0.4, 0.5) is 0 Å².